The average Bonchev–Trinajstić information content (AvgIpc) is 2.81. The first-order valence-corrected chi connectivity index (χ1v) is 6.90. The lowest BCUT2D eigenvalue weighted by atomic mass is 10.1. The third kappa shape index (κ3) is 2.55. The fourth-order valence-electron chi connectivity index (χ4n) is 2.83. The molecule has 0 aromatic heterocycles. The standard InChI is InChI=1S/C17H19NO2/c1-20-14-7-4-5-12(9-14)11-18-17-15-8-3-2-6-13(15)10-16(17)19/h2-9,16-19H,10-11H2,1H3/t16-,17+/m0/s1. The second kappa shape index (κ2) is 5.65. The zero-order valence-electron chi connectivity index (χ0n) is 11.5. The molecule has 0 radical (unpaired) electrons. The van der Waals surface area contributed by atoms with Crippen molar-refractivity contribution in [1.82, 2.24) is 5.32 Å². The van der Waals surface area contributed by atoms with Crippen molar-refractivity contribution >= 4 is 0 Å². The molecule has 0 amide bonds. The minimum Gasteiger partial charge on any atom is -0.497 e. The number of hydrogen-bond donors (Lipinski definition) is 2. The topological polar surface area (TPSA) is 41.5 Å². The number of ether oxygens (including phenoxy) is 1. The van der Waals surface area contributed by atoms with Crippen molar-refractivity contribution in [3.63, 3.8) is 0 Å². The molecule has 0 unspecified atom stereocenters. The van der Waals surface area contributed by atoms with Crippen molar-refractivity contribution in [3.8, 4) is 5.75 Å². The molecule has 104 valence electrons. The summed E-state index contributed by atoms with van der Waals surface area (Å²) in [6, 6.07) is 16.2. The van der Waals surface area contributed by atoms with E-state index in [0.29, 0.717) is 6.54 Å². The van der Waals surface area contributed by atoms with Crippen LogP contribution in [0.25, 0.3) is 0 Å². The Bertz CT molecular complexity index is 597. The Balaban J connectivity index is 1.72. The number of benzene rings is 2. The minimum atomic E-state index is -0.349. The highest BCUT2D eigenvalue weighted by Crippen LogP contribution is 2.31. The molecular weight excluding hydrogens is 250 g/mol. The van der Waals surface area contributed by atoms with E-state index < -0.39 is 0 Å². The van der Waals surface area contributed by atoms with Crippen LogP contribution in [0.5, 0.6) is 5.75 Å². The maximum atomic E-state index is 10.2. The Morgan fingerprint density at radius 3 is 2.90 bits per heavy atom. The lowest BCUT2D eigenvalue weighted by Crippen LogP contribution is -2.28. The summed E-state index contributed by atoms with van der Waals surface area (Å²) in [6.45, 7) is 0.716. The zero-order chi connectivity index (χ0) is 13.9. The molecule has 2 atom stereocenters. The van der Waals surface area contributed by atoms with Crippen LogP contribution in [0.2, 0.25) is 0 Å². The van der Waals surface area contributed by atoms with E-state index >= 15 is 0 Å². The van der Waals surface area contributed by atoms with E-state index in [1.165, 1.54) is 11.1 Å². The molecule has 1 aliphatic rings. The number of fused-ring (bicyclic) bond motifs is 1. The lowest BCUT2D eigenvalue weighted by Gasteiger charge is -2.18. The van der Waals surface area contributed by atoms with Gasteiger partial charge in [-0.05, 0) is 28.8 Å². The van der Waals surface area contributed by atoms with Crippen molar-refractivity contribution in [2.75, 3.05) is 7.11 Å². The predicted octanol–water partition coefficient (Wildman–Crippen LogP) is 2.44. The van der Waals surface area contributed by atoms with Gasteiger partial charge in [-0.25, -0.2) is 0 Å². The number of aliphatic hydroxyl groups is 1. The van der Waals surface area contributed by atoms with Crippen LogP contribution in [0, 0.1) is 0 Å². The third-order valence-electron chi connectivity index (χ3n) is 3.86. The largest absolute Gasteiger partial charge is 0.497 e. The first kappa shape index (κ1) is 13.2. The van der Waals surface area contributed by atoms with Crippen LogP contribution in [0.4, 0.5) is 0 Å². The summed E-state index contributed by atoms with van der Waals surface area (Å²) in [4.78, 5) is 0. The molecule has 0 saturated heterocycles. The highest BCUT2D eigenvalue weighted by Gasteiger charge is 2.29. The quantitative estimate of drug-likeness (QED) is 0.896. The van der Waals surface area contributed by atoms with E-state index in [2.05, 4.69) is 23.5 Å². The number of nitrogens with one attached hydrogen (secondary N) is 1. The van der Waals surface area contributed by atoms with Crippen LogP contribution in [-0.2, 0) is 13.0 Å². The highest BCUT2D eigenvalue weighted by molar-refractivity contribution is 5.36. The van der Waals surface area contributed by atoms with E-state index in [1.54, 1.807) is 7.11 Å². The lowest BCUT2D eigenvalue weighted by molar-refractivity contribution is 0.140. The molecule has 0 heterocycles. The normalized spacial score (nSPS) is 20.7. The number of methoxy groups -OCH3 is 1. The van der Waals surface area contributed by atoms with E-state index in [1.807, 2.05) is 30.3 Å². The number of aliphatic hydroxyl groups excluding tert-OH is 1. The van der Waals surface area contributed by atoms with Crippen molar-refractivity contribution in [3.05, 3.63) is 65.2 Å². The minimum absolute atomic E-state index is 0.0115. The van der Waals surface area contributed by atoms with Crippen LogP contribution in [0.15, 0.2) is 48.5 Å². The maximum absolute atomic E-state index is 10.2. The fraction of sp³-hybridized carbons (Fsp3) is 0.294. The number of rotatable bonds is 4. The molecule has 3 nitrogen and oxygen atoms in total. The molecule has 2 N–H and O–H groups in total. The van der Waals surface area contributed by atoms with E-state index in [4.69, 9.17) is 4.74 Å². The second-order valence-electron chi connectivity index (χ2n) is 5.18. The van der Waals surface area contributed by atoms with Crippen molar-refractivity contribution in [2.24, 2.45) is 0 Å². The number of hydrogen-bond acceptors (Lipinski definition) is 3. The third-order valence-corrected chi connectivity index (χ3v) is 3.86. The maximum Gasteiger partial charge on any atom is 0.119 e. The van der Waals surface area contributed by atoms with Crippen molar-refractivity contribution in [2.45, 2.75) is 25.1 Å². The first-order valence-electron chi connectivity index (χ1n) is 6.90. The summed E-state index contributed by atoms with van der Waals surface area (Å²) in [6.07, 6.45) is 0.379. The summed E-state index contributed by atoms with van der Waals surface area (Å²) in [5.41, 5.74) is 3.60. The van der Waals surface area contributed by atoms with Gasteiger partial charge in [-0.2, -0.15) is 0 Å². The molecule has 3 heteroatoms. The van der Waals surface area contributed by atoms with E-state index in [0.717, 1.165) is 17.7 Å². The Morgan fingerprint density at radius 1 is 1.20 bits per heavy atom. The van der Waals surface area contributed by atoms with Gasteiger partial charge in [0.2, 0.25) is 0 Å². The first-order chi connectivity index (χ1) is 9.78. The summed E-state index contributed by atoms with van der Waals surface area (Å²) < 4.78 is 5.23. The zero-order valence-corrected chi connectivity index (χ0v) is 11.5. The summed E-state index contributed by atoms with van der Waals surface area (Å²) in [5, 5.41) is 13.7. The van der Waals surface area contributed by atoms with E-state index in [-0.39, 0.29) is 12.1 Å². The molecule has 0 aliphatic heterocycles. The molecule has 0 saturated carbocycles. The van der Waals surface area contributed by atoms with Gasteiger partial charge in [-0.15, -0.1) is 0 Å². The Kier molecular flexibility index (Phi) is 3.72. The molecule has 0 spiro atoms. The van der Waals surface area contributed by atoms with Gasteiger partial charge in [0, 0.05) is 13.0 Å². The van der Waals surface area contributed by atoms with Crippen LogP contribution in [0.1, 0.15) is 22.7 Å². The van der Waals surface area contributed by atoms with Gasteiger partial charge in [0.1, 0.15) is 5.75 Å². The van der Waals surface area contributed by atoms with Crippen molar-refractivity contribution in [1.29, 1.82) is 0 Å². The predicted molar refractivity (Wildman–Crippen MR) is 78.7 cm³/mol. The summed E-state index contributed by atoms with van der Waals surface area (Å²) >= 11 is 0. The molecule has 2 aromatic rings. The highest BCUT2D eigenvalue weighted by atomic mass is 16.5. The summed E-state index contributed by atoms with van der Waals surface area (Å²) in [5.74, 6) is 0.858. The van der Waals surface area contributed by atoms with Crippen LogP contribution in [-0.4, -0.2) is 18.3 Å². The fourth-order valence-corrected chi connectivity index (χ4v) is 2.83. The molecule has 20 heavy (non-hydrogen) atoms. The van der Waals surface area contributed by atoms with E-state index in [9.17, 15) is 5.11 Å². The van der Waals surface area contributed by atoms with Gasteiger partial charge < -0.3 is 15.2 Å². The Hall–Kier alpha value is -1.84. The van der Waals surface area contributed by atoms with Crippen LogP contribution >= 0.6 is 0 Å². The molecule has 0 fully saturated rings. The Morgan fingerprint density at radius 2 is 2.05 bits per heavy atom. The van der Waals surface area contributed by atoms with Crippen LogP contribution in [0.3, 0.4) is 0 Å². The Labute approximate surface area is 119 Å². The van der Waals surface area contributed by atoms with Crippen molar-refractivity contribution < 1.29 is 9.84 Å². The molecule has 3 rings (SSSR count). The van der Waals surface area contributed by atoms with Gasteiger partial charge in [0.05, 0.1) is 19.3 Å². The van der Waals surface area contributed by atoms with Crippen LogP contribution < -0.4 is 10.1 Å². The molecule has 1 aliphatic carbocycles. The monoisotopic (exact) mass is 269 g/mol. The molecule has 2 aromatic carbocycles. The molecular formula is C17H19NO2. The SMILES string of the molecule is COc1cccc(CN[C@@H]2c3ccccc3C[C@@H]2O)c1. The van der Waals surface area contributed by atoms with Gasteiger partial charge in [0.25, 0.3) is 0 Å². The average molecular weight is 269 g/mol. The summed E-state index contributed by atoms with van der Waals surface area (Å²) in [7, 11) is 1.67. The van der Waals surface area contributed by atoms with Gasteiger partial charge in [-0.3, -0.25) is 0 Å². The molecule has 0 bridgehead atoms. The van der Waals surface area contributed by atoms with Gasteiger partial charge >= 0.3 is 0 Å². The second-order valence-corrected chi connectivity index (χ2v) is 5.18. The smallest absolute Gasteiger partial charge is 0.119 e. The van der Waals surface area contributed by atoms with Gasteiger partial charge in [-0.1, -0.05) is 36.4 Å². The van der Waals surface area contributed by atoms with Gasteiger partial charge in [0.15, 0.2) is 0 Å².